The van der Waals surface area contributed by atoms with Crippen molar-refractivity contribution in [2.24, 2.45) is 11.8 Å². The highest BCUT2D eigenvalue weighted by atomic mass is 16.8. The first kappa shape index (κ1) is 19.8. The van der Waals surface area contributed by atoms with E-state index >= 15 is 0 Å². The summed E-state index contributed by atoms with van der Waals surface area (Å²) in [6.07, 6.45) is 3.37. The molecule has 4 fully saturated rings. The van der Waals surface area contributed by atoms with Crippen LogP contribution >= 0.6 is 0 Å². The first-order chi connectivity index (χ1) is 14.5. The molecule has 0 radical (unpaired) electrons. The van der Waals surface area contributed by atoms with E-state index in [0.29, 0.717) is 6.42 Å². The highest BCUT2D eigenvalue weighted by Gasteiger charge is 2.65. The Labute approximate surface area is 175 Å². The molecule has 0 spiro atoms. The van der Waals surface area contributed by atoms with Crippen molar-refractivity contribution in [1.82, 2.24) is 10.3 Å². The number of ether oxygens (including phenoxy) is 4. The Morgan fingerprint density at radius 2 is 2.23 bits per heavy atom. The molecular formula is C23H28N2O5. The molecule has 4 aliphatic rings. The number of rotatable bonds is 6. The fourth-order valence-electron chi connectivity index (χ4n) is 5.47. The summed E-state index contributed by atoms with van der Waals surface area (Å²) in [5.41, 5.74) is 3.34. The van der Waals surface area contributed by atoms with Gasteiger partial charge >= 0.3 is 5.97 Å². The molecule has 2 aromatic rings. The Balaban J connectivity index is 1.31. The molecule has 3 saturated heterocycles. The van der Waals surface area contributed by atoms with Gasteiger partial charge in [0.25, 0.3) is 0 Å². The summed E-state index contributed by atoms with van der Waals surface area (Å²) < 4.78 is 23.3. The van der Waals surface area contributed by atoms with Gasteiger partial charge in [0, 0.05) is 43.6 Å². The number of carbonyl (C=O) groups is 1. The Morgan fingerprint density at radius 3 is 3.03 bits per heavy atom. The minimum atomic E-state index is -1.04. The maximum absolute atomic E-state index is 11.9. The van der Waals surface area contributed by atoms with Gasteiger partial charge in [0.1, 0.15) is 0 Å². The first-order valence-corrected chi connectivity index (χ1v) is 10.5. The molecule has 5 unspecified atom stereocenters. The third kappa shape index (κ3) is 3.17. The van der Waals surface area contributed by atoms with E-state index in [1.54, 1.807) is 7.11 Å². The number of H-pyrrole nitrogens is 1. The van der Waals surface area contributed by atoms with Crippen molar-refractivity contribution in [1.29, 1.82) is 0 Å². The van der Waals surface area contributed by atoms with E-state index in [1.165, 1.54) is 17.9 Å². The Morgan fingerprint density at radius 1 is 1.40 bits per heavy atom. The number of methoxy groups -OCH3 is 1. The van der Waals surface area contributed by atoms with Crippen molar-refractivity contribution in [2.75, 3.05) is 13.7 Å². The van der Waals surface area contributed by atoms with E-state index in [9.17, 15) is 4.79 Å². The third-order valence-electron chi connectivity index (χ3n) is 6.70. The second-order valence-electron chi connectivity index (χ2n) is 8.50. The fourth-order valence-corrected chi connectivity index (χ4v) is 5.47. The second kappa shape index (κ2) is 7.50. The van der Waals surface area contributed by atoms with Crippen molar-refractivity contribution < 1.29 is 23.7 Å². The fraction of sp³-hybridized carbons (Fsp3) is 0.522. The average Bonchev–Trinajstić information content (AvgIpc) is 3.13. The summed E-state index contributed by atoms with van der Waals surface area (Å²) >= 11 is 0. The van der Waals surface area contributed by atoms with Gasteiger partial charge in [-0.05, 0) is 42.5 Å². The van der Waals surface area contributed by atoms with Gasteiger partial charge in [-0.2, -0.15) is 0 Å². The molecule has 1 aliphatic carbocycles. The lowest BCUT2D eigenvalue weighted by molar-refractivity contribution is -0.439. The zero-order valence-corrected chi connectivity index (χ0v) is 17.4. The maximum Gasteiger partial charge on any atom is 0.305 e. The standard InChI is InChI=1S/C23H28N2O5/c1-13-18-10-16(24-9-8-15-12-25-19-7-5-4-6-17(15)19)11-23(29-14(2)26)20(18)22(27-3)28-21(13)30-23/h4-7,12,16,18,20-22,24-25H,1,8-11H2,2-3H3/t16?,18?,20?,21?,22-,23?/m1/s1. The van der Waals surface area contributed by atoms with Crippen molar-refractivity contribution in [2.45, 2.75) is 50.6 Å². The van der Waals surface area contributed by atoms with Crippen LogP contribution in [0.25, 0.3) is 10.9 Å². The summed E-state index contributed by atoms with van der Waals surface area (Å²) in [7, 11) is 1.61. The van der Waals surface area contributed by atoms with Crippen LogP contribution in [0.2, 0.25) is 0 Å². The monoisotopic (exact) mass is 412 g/mol. The minimum Gasteiger partial charge on any atom is -0.433 e. The number of para-hydroxylation sites is 1. The first-order valence-electron chi connectivity index (χ1n) is 10.5. The quantitative estimate of drug-likeness (QED) is 0.561. The number of aromatic amines is 1. The zero-order valence-electron chi connectivity index (χ0n) is 17.4. The van der Waals surface area contributed by atoms with Crippen LogP contribution in [0.3, 0.4) is 0 Å². The van der Waals surface area contributed by atoms with Crippen molar-refractivity contribution in [3.05, 3.63) is 48.2 Å². The summed E-state index contributed by atoms with van der Waals surface area (Å²) in [6.45, 7) is 6.45. The molecule has 1 aromatic heterocycles. The largest absolute Gasteiger partial charge is 0.433 e. The molecule has 0 amide bonds. The number of benzene rings is 1. The number of esters is 1. The summed E-state index contributed by atoms with van der Waals surface area (Å²) in [5, 5.41) is 4.91. The van der Waals surface area contributed by atoms with Gasteiger partial charge in [0.05, 0.1) is 5.92 Å². The minimum absolute atomic E-state index is 0.112. The molecule has 3 aliphatic heterocycles. The van der Waals surface area contributed by atoms with E-state index in [2.05, 4.69) is 41.3 Å². The van der Waals surface area contributed by atoms with E-state index in [4.69, 9.17) is 18.9 Å². The van der Waals surface area contributed by atoms with Gasteiger partial charge in [0.15, 0.2) is 12.6 Å². The number of aromatic nitrogens is 1. The number of hydrogen-bond donors (Lipinski definition) is 2. The highest BCUT2D eigenvalue weighted by Crippen LogP contribution is 2.56. The predicted octanol–water partition coefficient (Wildman–Crippen LogP) is 2.87. The lowest BCUT2D eigenvalue weighted by Gasteiger charge is -2.60. The molecule has 2 N–H and O–H groups in total. The van der Waals surface area contributed by atoms with E-state index < -0.39 is 18.4 Å². The van der Waals surface area contributed by atoms with Crippen LogP contribution < -0.4 is 5.32 Å². The molecule has 30 heavy (non-hydrogen) atoms. The molecule has 6 rings (SSSR count). The third-order valence-corrected chi connectivity index (χ3v) is 6.70. The van der Waals surface area contributed by atoms with E-state index in [1.807, 2.05) is 6.07 Å². The van der Waals surface area contributed by atoms with Gasteiger partial charge in [0.2, 0.25) is 5.79 Å². The number of carbonyl (C=O) groups excluding carboxylic acids is 1. The van der Waals surface area contributed by atoms with Gasteiger partial charge in [-0.1, -0.05) is 24.8 Å². The van der Waals surface area contributed by atoms with Crippen molar-refractivity contribution in [3.8, 4) is 0 Å². The van der Waals surface area contributed by atoms with Crippen LogP contribution in [-0.4, -0.2) is 49.0 Å². The van der Waals surface area contributed by atoms with Crippen molar-refractivity contribution in [3.63, 3.8) is 0 Å². The predicted molar refractivity (Wildman–Crippen MR) is 110 cm³/mol. The summed E-state index contributed by atoms with van der Waals surface area (Å²) in [4.78, 5) is 15.3. The lowest BCUT2D eigenvalue weighted by Crippen LogP contribution is -2.70. The molecule has 1 aromatic carbocycles. The average molecular weight is 412 g/mol. The molecule has 7 heteroatoms. The lowest BCUT2D eigenvalue weighted by atomic mass is 9.66. The van der Waals surface area contributed by atoms with Crippen LogP contribution in [0.1, 0.15) is 25.3 Å². The molecular weight excluding hydrogens is 384 g/mol. The molecule has 4 heterocycles. The SMILES string of the molecule is C=C1C2O[C@@H](OC)C3C1CC(NCCc1c[nH]c4ccccc14)CC3(OC(C)=O)O2. The molecule has 160 valence electrons. The van der Waals surface area contributed by atoms with Gasteiger partial charge in [-0.15, -0.1) is 0 Å². The van der Waals surface area contributed by atoms with Crippen molar-refractivity contribution >= 4 is 16.9 Å². The van der Waals surface area contributed by atoms with Crippen LogP contribution in [-0.2, 0) is 30.2 Å². The maximum atomic E-state index is 11.9. The molecule has 6 atom stereocenters. The second-order valence-corrected chi connectivity index (χ2v) is 8.50. The van der Waals surface area contributed by atoms with Crippen LogP contribution in [0, 0.1) is 11.8 Å². The van der Waals surface area contributed by atoms with E-state index in [0.717, 1.165) is 30.5 Å². The van der Waals surface area contributed by atoms with Gasteiger partial charge < -0.3 is 29.2 Å². The van der Waals surface area contributed by atoms with Gasteiger partial charge in [-0.3, -0.25) is 4.79 Å². The Bertz CT molecular complexity index is 971. The summed E-state index contributed by atoms with van der Waals surface area (Å²) in [5.74, 6) is -1.50. The Kier molecular flexibility index (Phi) is 4.94. The Hall–Kier alpha value is -2.19. The topological polar surface area (TPSA) is 81.8 Å². The number of fused-ring (bicyclic) bond motifs is 2. The summed E-state index contributed by atoms with van der Waals surface area (Å²) in [6, 6.07) is 8.47. The van der Waals surface area contributed by atoms with E-state index in [-0.39, 0.29) is 23.8 Å². The van der Waals surface area contributed by atoms with Crippen LogP contribution in [0.15, 0.2) is 42.6 Å². The van der Waals surface area contributed by atoms with Gasteiger partial charge in [-0.25, -0.2) is 0 Å². The zero-order chi connectivity index (χ0) is 20.9. The normalized spacial score (nSPS) is 35.0. The molecule has 4 bridgehead atoms. The highest BCUT2D eigenvalue weighted by molar-refractivity contribution is 5.83. The molecule has 7 nitrogen and oxygen atoms in total. The smallest absolute Gasteiger partial charge is 0.305 e. The molecule has 1 saturated carbocycles. The number of nitrogens with one attached hydrogen (secondary N) is 2. The van der Waals surface area contributed by atoms with Crippen LogP contribution in [0.4, 0.5) is 0 Å². The van der Waals surface area contributed by atoms with Crippen LogP contribution in [0.5, 0.6) is 0 Å². The number of hydrogen-bond acceptors (Lipinski definition) is 6.